The molecule has 2 aliphatic carbocycles. The van der Waals surface area contributed by atoms with Crippen molar-refractivity contribution in [3.05, 3.63) is 35.4 Å². The van der Waals surface area contributed by atoms with Gasteiger partial charge in [-0.3, -0.25) is 4.79 Å². The average Bonchev–Trinajstić information content (AvgIpc) is 3.29. The quantitative estimate of drug-likeness (QED) is 0.879. The number of nitrogens with one attached hydrogen (secondary N) is 1. The first kappa shape index (κ1) is 11.3. The largest absolute Gasteiger partial charge is 0.349 e. The van der Waals surface area contributed by atoms with E-state index in [-0.39, 0.29) is 5.91 Å². The second-order valence-corrected chi connectivity index (χ2v) is 5.37. The number of carbonyl (C=O) groups excluding carboxylic acids is 1. The van der Waals surface area contributed by atoms with Crippen LogP contribution in [0.1, 0.15) is 41.6 Å². The van der Waals surface area contributed by atoms with E-state index < -0.39 is 0 Å². The number of hydrogen-bond acceptors (Lipinski definition) is 2. The maximum atomic E-state index is 12.2. The fourth-order valence-corrected chi connectivity index (χ4v) is 2.50. The van der Waals surface area contributed by atoms with Gasteiger partial charge in [0.25, 0.3) is 5.91 Å². The summed E-state index contributed by atoms with van der Waals surface area (Å²) >= 11 is 0. The lowest BCUT2D eigenvalue weighted by molar-refractivity contribution is 0.0926. The minimum Gasteiger partial charge on any atom is -0.349 e. The summed E-state index contributed by atoms with van der Waals surface area (Å²) in [6.07, 6.45) is 5.00. The second-order valence-electron chi connectivity index (χ2n) is 5.37. The number of rotatable bonds is 4. The molecule has 18 heavy (non-hydrogen) atoms. The highest BCUT2D eigenvalue weighted by Gasteiger charge is 2.42. The molecule has 3 rings (SSSR count). The number of benzene rings is 1. The Bertz CT molecular complexity index is 497. The van der Waals surface area contributed by atoms with Crippen LogP contribution in [-0.4, -0.2) is 11.9 Å². The van der Waals surface area contributed by atoms with Crippen molar-refractivity contribution in [2.45, 2.75) is 31.7 Å². The standard InChI is InChI=1S/C15H16N2O/c16-9-10-2-1-3-13(8-10)15(18)17-14(11-4-5-11)12-6-7-12/h1-3,8,11-12,14H,4-7H2,(H,17,18). The van der Waals surface area contributed by atoms with Gasteiger partial charge in [0, 0.05) is 11.6 Å². The molecular formula is C15H16N2O. The Kier molecular flexibility index (Phi) is 2.79. The lowest BCUT2D eigenvalue weighted by Crippen LogP contribution is -2.38. The zero-order valence-electron chi connectivity index (χ0n) is 10.2. The molecule has 3 nitrogen and oxygen atoms in total. The number of nitriles is 1. The summed E-state index contributed by atoms with van der Waals surface area (Å²) in [5.74, 6) is 1.36. The SMILES string of the molecule is N#Cc1cccc(C(=O)NC(C2CC2)C2CC2)c1. The van der Waals surface area contributed by atoms with Gasteiger partial charge in [0.1, 0.15) is 0 Å². The number of carbonyl (C=O) groups is 1. The van der Waals surface area contributed by atoms with E-state index in [0.29, 0.717) is 29.0 Å². The fraction of sp³-hybridized carbons (Fsp3) is 0.467. The van der Waals surface area contributed by atoms with Crippen molar-refractivity contribution in [3.8, 4) is 6.07 Å². The predicted molar refractivity (Wildman–Crippen MR) is 67.9 cm³/mol. The molecule has 0 bridgehead atoms. The molecule has 0 atom stereocenters. The monoisotopic (exact) mass is 240 g/mol. The van der Waals surface area contributed by atoms with Crippen LogP contribution in [0, 0.1) is 23.2 Å². The van der Waals surface area contributed by atoms with Crippen LogP contribution in [0.2, 0.25) is 0 Å². The van der Waals surface area contributed by atoms with Crippen LogP contribution in [-0.2, 0) is 0 Å². The molecular weight excluding hydrogens is 224 g/mol. The third kappa shape index (κ3) is 2.38. The van der Waals surface area contributed by atoms with Gasteiger partial charge in [0.2, 0.25) is 0 Å². The summed E-state index contributed by atoms with van der Waals surface area (Å²) in [6, 6.07) is 9.34. The van der Waals surface area contributed by atoms with Crippen LogP contribution < -0.4 is 5.32 Å². The first-order valence-corrected chi connectivity index (χ1v) is 6.59. The minimum absolute atomic E-state index is 0.0316. The van der Waals surface area contributed by atoms with Crippen LogP contribution in [0.3, 0.4) is 0 Å². The summed E-state index contributed by atoms with van der Waals surface area (Å²) in [6.45, 7) is 0. The van der Waals surface area contributed by atoms with Crippen LogP contribution in [0.4, 0.5) is 0 Å². The van der Waals surface area contributed by atoms with E-state index in [1.54, 1.807) is 24.3 Å². The smallest absolute Gasteiger partial charge is 0.251 e. The Morgan fingerprint density at radius 2 is 1.94 bits per heavy atom. The summed E-state index contributed by atoms with van der Waals surface area (Å²) in [4.78, 5) is 12.2. The minimum atomic E-state index is -0.0316. The lowest BCUT2D eigenvalue weighted by atomic mass is 10.1. The molecule has 0 radical (unpaired) electrons. The molecule has 0 heterocycles. The van der Waals surface area contributed by atoms with Crippen molar-refractivity contribution in [2.75, 3.05) is 0 Å². The van der Waals surface area contributed by atoms with Crippen molar-refractivity contribution >= 4 is 5.91 Å². The van der Waals surface area contributed by atoms with Gasteiger partial charge in [0.15, 0.2) is 0 Å². The normalized spacial score (nSPS) is 18.4. The Balaban J connectivity index is 1.71. The van der Waals surface area contributed by atoms with Gasteiger partial charge >= 0.3 is 0 Å². The Morgan fingerprint density at radius 1 is 1.28 bits per heavy atom. The van der Waals surface area contributed by atoms with Crippen LogP contribution >= 0.6 is 0 Å². The zero-order valence-corrected chi connectivity index (χ0v) is 10.2. The Hall–Kier alpha value is -1.82. The topological polar surface area (TPSA) is 52.9 Å². The van der Waals surface area contributed by atoms with Gasteiger partial charge in [-0.05, 0) is 55.7 Å². The van der Waals surface area contributed by atoms with E-state index in [2.05, 4.69) is 11.4 Å². The van der Waals surface area contributed by atoms with Crippen molar-refractivity contribution in [1.82, 2.24) is 5.32 Å². The summed E-state index contributed by atoms with van der Waals surface area (Å²) < 4.78 is 0. The fourth-order valence-electron chi connectivity index (χ4n) is 2.50. The van der Waals surface area contributed by atoms with E-state index in [4.69, 9.17) is 5.26 Å². The molecule has 3 heteroatoms. The van der Waals surface area contributed by atoms with Crippen molar-refractivity contribution in [2.24, 2.45) is 11.8 Å². The average molecular weight is 240 g/mol. The Labute approximate surface area is 107 Å². The summed E-state index contributed by atoms with van der Waals surface area (Å²) in [7, 11) is 0. The summed E-state index contributed by atoms with van der Waals surface area (Å²) in [5.41, 5.74) is 1.14. The molecule has 0 aromatic heterocycles. The predicted octanol–water partition coefficient (Wildman–Crippen LogP) is 2.48. The molecule has 1 amide bonds. The van der Waals surface area contributed by atoms with Crippen LogP contribution in [0.15, 0.2) is 24.3 Å². The molecule has 0 unspecified atom stereocenters. The first-order valence-electron chi connectivity index (χ1n) is 6.59. The number of hydrogen-bond donors (Lipinski definition) is 1. The second kappa shape index (κ2) is 4.45. The van der Waals surface area contributed by atoms with Gasteiger partial charge in [-0.25, -0.2) is 0 Å². The number of amides is 1. The van der Waals surface area contributed by atoms with E-state index in [9.17, 15) is 4.79 Å². The van der Waals surface area contributed by atoms with E-state index in [0.717, 1.165) is 0 Å². The van der Waals surface area contributed by atoms with E-state index >= 15 is 0 Å². The van der Waals surface area contributed by atoms with Crippen LogP contribution in [0.5, 0.6) is 0 Å². The molecule has 1 aromatic carbocycles. The van der Waals surface area contributed by atoms with E-state index in [1.165, 1.54) is 25.7 Å². The molecule has 92 valence electrons. The zero-order chi connectivity index (χ0) is 12.5. The van der Waals surface area contributed by atoms with Gasteiger partial charge < -0.3 is 5.32 Å². The summed E-state index contributed by atoms with van der Waals surface area (Å²) in [5, 5.41) is 12.0. The molecule has 2 fully saturated rings. The Morgan fingerprint density at radius 3 is 2.50 bits per heavy atom. The van der Waals surface area contributed by atoms with Gasteiger partial charge in [0.05, 0.1) is 11.6 Å². The molecule has 0 aliphatic heterocycles. The maximum absolute atomic E-state index is 12.2. The third-order valence-corrected chi connectivity index (χ3v) is 3.81. The number of nitrogens with zero attached hydrogens (tertiary/aromatic N) is 1. The molecule has 2 saturated carbocycles. The highest BCUT2D eigenvalue weighted by Crippen LogP contribution is 2.44. The molecule has 2 aliphatic rings. The molecule has 1 N–H and O–H groups in total. The maximum Gasteiger partial charge on any atom is 0.251 e. The van der Waals surface area contributed by atoms with Gasteiger partial charge in [-0.15, -0.1) is 0 Å². The highest BCUT2D eigenvalue weighted by atomic mass is 16.1. The molecule has 0 saturated heterocycles. The van der Waals surface area contributed by atoms with Gasteiger partial charge in [-0.1, -0.05) is 6.07 Å². The molecule has 0 spiro atoms. The van der Waals surface area contributed by atoms with Gasteiger partial charge in [-0.2, -0.15) is 5.26 Å². The third-order valence-electron chi connectivity index (χ3n) is 3.81. The van der Waals surface area contributed by atoms with E-state index in [1.807, 2.05) is 0 Å². The van der Waals surface area contributed by atoms with Crippen molar-refractivity contribution in [1.29, 1.82) is 5.26 Å². The van der Waals surface area contributed by atoms with Crippen LogP contribution in [0.25, 0.3) is 0 Å². The highest BCUT2D eigenvalue weighted by molar-refractivity contribution is 5.94. The van der Waals surface area contributed by atoms with Crippen molar-refractivity contribution < 1.29 is 4.79 Å². The molecule has 1 aromatic rings. The first-order chi connectivity index (χ1) is 8.78. The van der Waals surface area contributed by atoms with Crippen molar-refractivity contribution in [3.63, 3.8) is 0 Å². The lowest BCUT2D eigenvalue weighted by Gasteiger charge is -2.17.